The number of fused-ring (bicyclic) bond motifs is 3. The fraction of sp³-hybridized carbons (Fsp3) is 0.158. The Hall–Kier alpha value is -2.08. The maximum Gasteiger partial charge on any atom is -0.00133 e. The van der Waals surface area contributed by atoms with E-state index in [1.807, 2.05) is 0 Å². The van der Waals surface area contributed by atoms with Crippen LogP contribution in [0.1, 0.15) is 25.0 Å². The molecule has 2 aromatic carbocycles. The van der Waals surface area contributed by atoms with Crippen molar-refractivity contribution in [3.8, 4) is 0 Å². The van der Waals surface area contributed by atoms with Crippen molar-refractivity contribution in [2.24, 2.45) is 0 Å². The third-order valence-corrected chi connectivity index (χ3v) is 3.79. The summed E-state index contributed by atoms with van der Waals surface area (Å²) in [4.78, 5) is 0. The van der Waals surface area contributed by atoms with Crippen LogP contribution in [0.5, 0.6) is 0 Å². The molecule has 19 heavy (non-hydrogen) atoms. The molecule has 0 nitrogen and oxygen atoms in total. The Kier molecular flexibility index (Phi) is 3.08. The van der Waals surface area contributed by atoms with Crippen molar-refractivity contribution in [3.05, 3.63) is 77.4 Å². The average molecular weight is 246 g/mol. The van der Waals surface area contributed by atoms with Gasteiger partial charge in [0.2, 0.25) is 0 Å². The SMILES string of the molecule is C\C=C/C=C1/Cc2ccc3ccccc3c2/C1=C/C. The Balaban J connectivity index is 2.26. The van der Waals surface area contributed by atoms with Gasteiger partial charge in [-0.25, -0.2) is 0 Å². The third-order valence-electron chi connectivity index (χ3n) is 3.79. The van der Waals surface area contributed by atoms with Crippen LogP contribution in [-0.4, -0.2) is 0 Å². The molecule has 0 radical (unpaired) electrons. The van der Waals surface area contributed by atoms with E-state index >= 15 is 0 Å². The summed E-state index contributed by atoms with van der Waals surface area (Å²) in [6, 6.07) is 13.2. The molecule has 0 fully saturated rings. The summed E-state index contributed by atoms with van der Waals surface area (Å²) >= 11 is 0. The average Bonchev–Trinajstić information content (AvgIpc) is 2.83. The Labute approximate surface area is 114 Å². The summed E-state index contributed by atoms with van der Waals surface area (Å²) in [6.45, 7) is 4.19. The van der Waals surface area contributed by atoms with Crippen molar-refractivity contribution < 1.29 is 0 Å². The summed E-state index contributed by atoms with van der Waals surface area (Å²) < 4.78 is 0. The first kappa shape index (κ1) is 12.0. The minimum Gasteiger partial charge on any atom is -0.0877 e. The first-order valence-electron chi connectivity index (χ1n) is 6.84. The zero-order chi connectivity index (χ0) is 13.2. The molecule has 0 heterocycles. The molecule has 0 aromatic heterocycles. The highest BCUT2D eigenvalue weighted by Crippen LogP contribution is 2.40. The molecular weight excluding hydrogens is 228 g/mol. The molecule has 0 aliphatic heterocycles. The van der Waals surface area contributed by atoms with Crippen molar-refractivity contribution in [1.82, 2.24) is 0 Å². The van der Waals surface area contributed by atoms with Gasteiger partial charge in [0.25, 0.3) is 0 Å². The number of hydrogen-bond acceptors (Lipinski definition) is 0. The Morgan fingerprint density at radius 1 is 1.00 bits per heavy atom. The minimum absolute atomic E-state index is 1.05. The molecule has 0 N–H and O–H groups in total. The second kappa shape index (κ2) is 4.89. The van der Waals surface area contributed by atoms with E-state index in [4.69, 9.17) is 0 Å². The third kappa shape index (κ3) is 1.94. The molecule has 0 atom stereocenters. The number of rotatable bonds is 1. The highest BCUT2D eigenvalue weighted by Gasteiger charge is 2.21. The lowest BCUT2D eigenvalue weighted by Crippen LogP contribution is -1.84. The van der Waals surface area contributed by atoms with Gasteiger partial charge in [0.05, 0.1) is 0 Å². The summed E-state index contributed by atoms with van der Waals surface area (Å²) in [5, 5.41) is 2.70. The Morgan fingerprint density at radius 3 is 2.63 bits per heavy atom. The first-order chi connectivity index (χ1) is 9.35. The standard InChI is InChI=1S/C19H18/c1-3-5-8-15-13-16-12-11-14-9-6-7-10-18(14)19(16)17(15)4-2/h3-12H,13H2,1-2H3/b5-3-,15-8-,17-4+. The molecular formula is C19H18. The van der Waals surface area contributed by atoms with Crippen LogP contribution in [0.2, 0.25) is 0 Å². The quantitative estimate of drug-likeness (QED) is 0.640. The van der Waals surface area contributed by atoms with E-state index in [1.54, 1.807) is 0 Å². The van der Waals surface area contributed by atoms with Gasteiger partial charge in [0.15, 0.2) is 0 Å². The molecule has 0 saturated carbocycles. The minimum atomic E-state index is 1.05. The maximum absolute atomic E-state index is 2.28. The topological polar surface area (TPSA) is 0 Å². The molecule has 0 bridgehead atoms. The molecule has 0 unspecified atom stereocenters. The van der Waals surface area contributed by atoms with Gasteiger partial charge in [0, 0.05) is 0 Å². The fourth-order valence-corrected chi connectivity index (χ4v) is 2.93. The molecule has 0 amide bonds. The summed E-state index contributed by atoms with van der Waals surface area (Å²) in [7, 11) is 0. The van der Waals surface area contributed by atoms with Gasteiger partial charge in [-0.2, -0.15) is 0 Å². The second-order valence-corrected chi connectivity index (χ2v) is 4.92. The lowest BCUT2D eigenvalue weighted by molar-refractivity contribution is 1.27. The Bertz CT molecular complexity index is 712. The summed E-state index contributed by atoms with van der Waals surface area (Å²) in [5.41, 5.74) is 5.69. The molecule has 0 heteroatoms. The van der Waals surface area contributed by atoms with Gasteiger partial charge in [-0.15, -0.1) is 0 Å². The van der Waals surface area contributed by atoms with Crippen LogP contribution in [0, 0.1) is 0 Å². The van der Waals surface area contributed by atoms with Crippen LogP contribution in [-0.2, 0) is 6.42 Å². The normalized spacial score (nSPS) is 18.8. The molecule has 1 aliphatic carbocycles. The van der Waals surface area contributed by atoms with Crippen LogP contribution < -0.4 is 0 Å². The smallest absolute Gasteiger partial charge is 0.00133 e. The lowest BCUT2D eigenvalue weighted by atomic mass is 9.98. The number of allylic oxidation sites excluding steroid dienone is 6. The van der Waals surface area contributed by atoms with Crippen molar-refractivity contribution in [3.63, 3.8) is 0 Å². The van der Waals surface area contributed by atoms with E-state index in [2.05, 4.69) is 74.5 Å². The van der Waals surface area contributed by atoms with E-state index in [0.717, 1.165) is 6.42 Å². The maximum atomic E-state index is 2.28. The number of benzene rings is 2. The lowest BCUT2D eigenvalue weighted by Gasteiger charge is -2.06. The van der Waals surface area contributed by atoms with Crippen molar-refractivity contribution in [2.75, 3.05) is 0 Å². The first-order valence-corrected chi connectivity index (χ1v) is 6.84. The second-order valence-electron chi connectivity index (χ2n) is 4.92. The zero-order valence-corrected chi connectivity index (χ0v) is 11.5. The highest BCUT2D eigenvalue weighted by atomic mass is 14.3. The largest absolute Gasteiger partial charge is 0.0877 e. The van der Waals surface area contributed by atoms with Crippen molar-refractivity contribution in [2.45, 2.75) is 20.3 Å². The molecule has 2 aromatic rings. The van der Waals surface area contributed by atoms with E-state index in [1.165, 1.54) is 33.0 Å². The van der Waals surface area contributed by atoms with Gasteiger partial charge in [-0.1, -0.05) is 60.7 Å². The van der Waals surface area contributed by atoms with Gasteiger partial charge in [-0.05, 0) is 53.3 Å². The van der Waals surface area contributed by atoms with Gasteiger partial charge < -0.3 is 0 Å². The van der Waals surface area contributed by atoms with E-state index in [0.29, 0.717) is 0 Å². The molecule has 0 saturated heterocycles. The predicted octanol–water partition coefficient (Wildman–Crippen LogP) is 5.30. The van der Waals surface area contributed by atoms with E-state index in [-0.39, 0.29) is 0 Å². The van der Waals surface area contributed by atoms with Crippen LogP contribution >= 0.6 is 0 Å². The van der Waals surface area contributed by atoms with Gasteiger partial charge in [-0.3, -0.25) is 0 Å². The van der Waals surface area contributed by atoms with Crippen LogP contribution in [0.15, 0.2) is 66.3 Å². The van der Waals surface area contributed by atoms with Gasteiger partial charge >= 0.3 is 0 Å². The summed E-state index contributed by atoms with van der Waals surface area (Å²) in [6.07, 6.45) is 9.75. The fourth-order valence-electron chi connectivity index (χ4n) is 2.93. The zero-order valence-electron chi connectivity index (χ0n) is 11.5. The molecule has 94 valence electrons. The highest BCUT2D eigenvalue weighted by molar-refractivity contribution is 6.01. The molecule has 0 spiro atoms. The van der Waals surface area contributed by atoms with E-state index in [9.17, 15) is 0 Å². The van der Waals surface area contributed by atoms with Crippen LogP contribution in [0.25, 0.3) is 16.3 Å². The molecule has 3 rings (SSSR count). The van der Waals surface area contributed by atoms with Gasteiger partial charge in [0.1, 0.15) is 0 Å². The Morgan fingerprint density at radius 2 is 1.84 bits per heavy atom. The van der Waals surface area contributed by atoms with Crippen LogP contribution in [0.4, 0.5) is 0 Å². The predicted molar refractivity (Wildman–Crippen MR) is 84.2 cm³/mol. The summed E-state index contributed by atoms with van der Waals surface area (Å²) in [5.74, 6) is 0. The van der Waals surface area contributed by atoms with Crippen molar-refractivity contribution in [1.29, 1.82) is 0 Å². The monoisotopic (exact) mass is 246 g/mol. The van der Waals surface area contributed by atoms with Crippen LogP contribution in [0.3, 0.4) is 0 Å². The molecule has 1 aliphatic rings. The number of hydrogen-bond donors (Lipinski definition) is 0. The van der Waals surface area contributed by atoms with E-state index < -0.39 is 0 Å². The van der Waals surface area contributed by atoms with Crippen molar-refractivity contribution >= 4 is 16.3 Å².